The van der Waals surface area contributed by atoms with Crippen LogP contribution in [0.2, 0.25) is 0 Å². The average molecular weight is 211 g/mol. The molecular weight excluding hydrogens is 186 g/mol. The second kappa shape index (κ2) is 11.3. The van der Waals surface area contributed by atoms with Gasteiger partial charge >= 0.3 is 0 Å². The van der Waals surface area contributed by atoms with Gasteiger partial charge < -0.3 is 5.32 Å². The first-order valence-electron chi connectivity index (χ1n) is 6.19. The van der Waals surface area contributed by atoms with Crippen LogP contribution in [0.3, 0.4) is 0 Å². The van der Waals surface area contributed by atoms with Gasteiger partial charge in [0, 0.05) is 5.70 Å². The van der Waals surface area contributed by atoms with Crippen molar-refractivity contribution in [3.05, 3.63) is 12.3 Å². The van der Waals surface area contributed by atoms with Crippen LogP contribution in [0.5, 0.6) is 0 Å². The monoisotopic (exact) mass is 211 g/mol. The highest BCUT2D eigenvalue weighted by molar-refractivity contribution is 5.49. The minimum Gasteiger partial charge on any atom is -0.333 e. The molecule has 2 heteroatoms. The molecule has 0 spiro atoms. The van der Waals surface area contributed by atoms with Crippen molar-refractivity contribution in [2.24, 2.45) is 0 Å². The van der Waals surface area contributed by atoms with E-state index in [9.17, 15) is 4.79 Å². The first kappa shape index (κ1) is 14.2. The molecule has 0 aliphatic carbocycles. The van der Waals surface area contributed by atoms with Crippen molar-refractivity contribution < 1.29 is 4.79 Å². The van der Waals surface area contributed by atoms with E-state index in [4.69, 9.17) is 0 Å². The highest BCUT2D eigenvalue weighted by Crippen LogP contribution is 2.10. The fourth-order valence-corrected chi connectivity index (χ4v) is 1.63. The van der Waals surface area contributed by atoms with Crippen molar-refractivity contribution in [1.29, 1.82) is 0 Å². The maximum Gasteiger partial charge on any atom is 0.211 e. The molecule has 0 aromatic carbocycles. The summed E-state index contributed by atoms with van der Waals surface area (Å²) in [5, 5.41) is 2.59. The van der Waals surface area contributed by atoms with Crippen molar-refractivity contribution >= 4 is 6.41 Å². The van der Waals surface area contributed by atoms with Crippen molar-refractivity contribution in [2.45, 2.75) is 64.7 Å². The fourth-order valence-electron chi connectivity index (χ4n) is 1.63. The molecular formula is C13H25NO. The van der Waals surface area contributed by atoms with E-state index in [-0.39, 0.29) is 0 Å². The standard InChI is InChI=1S/C13H25NO/c1-3-4-5-6-7-8-9-10-11-13(2)14-12-15/h12H,2-11H2,1H3,(H,14,15). The molecule has 0 aliphatic heterocycles. The summed E-state index contributed by atoms with van der Waals surface area (Å²) >= 11 is 0. The van der Waals surface area contributed by atoms with Gasteiger partial charge in [0.25, 0.3) is 0 Å². The average Bonchev–Trinajstić information content (AvgIpc) is 2.22. The summed E-state index contributed by atoms with van der Waals surface area (Å²) in [5.41, 5.74) is 0.844. The molecule has 0 fully saturated rings. The zero-order valence-corrected chi connectivity index (χ0v) is 10.1. The molecule has 0 aliphatic rings. The van der Waals surface area contributed by atoms with Crippen LogP contribution in [0.4, 0.5) is 0 Å². The number of carbonyl (C=O) groups is 1. The maximum absolute atomic E-state index is 10.1. The van der Waals surface area contributed by atoms with Crippen LogP contribution >= 0.6 is 0 Å². The summed E-state index contributed by atoms with van der Waals surface area (Å²) < 4.78 is 0. The van der Waals surface area contributed by atoms with Crippen molar-refractivity contribution in [2.75, 3.05) is 0 Å². The molecule has 0 rings (SSSR count). The van der Waals surface area contributed by atoms with E-state index in [0.717, 1.165) is 18.5 Å². The molecule has 88 valence electrons. The van der Waals surface area contributed by atoms with Crippen LogP contribution in [-0.2, 0) is 4.79 Å². The normalized spacial score (nSPS) is 9.93. The molecule has 1 N–H and O–H groups in total. The number of nitrogens with one attached hydrogen (secondary N) is 1. The van der Waals surface area contributed by atoms with Crippen LogP contribution in [0.1, 0.15) is 64.7 Å². The van der Waals surface area contributed by atoms with Gasteiger partial charge in [-0.15, -0.1) is 0 Å². The molecule has 0 radical (unpaired) electrons. The third-order valence-electron chi connectivity index (χ3n) is 2.60. The molecule has 0 saturated carbocycles. The molecule has 0 saturated heterocycles. The second-order valence-electron chi connectivity index (χ2n) is 4.09. The third kappa shape index (κ3) is 11.1. The summed E-state index contributed by atoms with van der Waals surface area (Å²) in [6.07, 6.45) is 12.2. The summed E-state index contributed by atoms with van der Waals surface area (Å²) in [4.78, 5) is 10.1. The fraction of sp³-hybridized carbons (Fsp3) is 0.769. The number of unbranched alkanes of at least 4 members (excludes halogenated alkanes) is 7. The largest absolute Gasteiger partial charge is 0.333 e. The van der Waals surface area contributed by atoms with E-state index in [1.807, 2.05) is 0 Å². The molecule has 2 nitrogen and oxygen atoms in total. The molecule has 15 heavy (non-hydrogen) atoms. The first-order valence-corrected chi connectivity index (χ1v) is 6.19. The number of carbonyl (C=O) groups excluding carboxylic acids is 1. The summed E-state index contributed by atoms with van der Waals surface area (Å²) in [6.45, 7) is 6.00. The van der Waals surface area contributed by atoms with Crippen LogP contribution in [0.15, 0.2) is 12.3 Å². The van der Waals surface area contributed by atoms with Gasteiger partial charge in [0.05, 0.1) is 0 Å². The highest BCUT2D eigenvalue weighted by atomic mass is 16.1. The highest BCUT2D eigenvalue weighted by Gasteiger charge is 1.94. The minimum absolute atomic E-state index is 0.701. The van der Waals surface area contributed by atoms with Crippen LogP contribution in [0, 0.1) is 0 Å². The number of hydrogen-bond donors (Lipinski definition) is 1. The topological polar surface area (TPSA) is 29.1 Å². The minimum atomic E-state index is 0.701. The van der Waals surface area contributed by atoms with Gasteiger partial charge in [0.1, 0.15) is 0 Å². The van der Waals surface area contributed by atoms with E-state index in [2.05, 4.69) is 18.8 Å². The summed E-state index contributed by atoms with van der Waals surface area (Å²) in [7, 11) is 0. The first-order chi connectivity index (χ1) is 7.31. The number of amides is 1. The van der Waals surface area contributed by atoms with Gasteiger partial charge in [-0.1, -0.05) is 58.4 Å². The Morgan fingerprint density at radius 1 is 1.07 bits per heavy atom. The van der Waals surface area contributed by atoms with Crippen LogP contribution in [0.25, 0.3) is 0 Å². The van der Waals surface area contributed by atoms with E-state index in [1.54, 1.807) is 0 Å². The summed E-state index contributed by atoms with van der Waals surface area (Å²) in [5.74, 6) is 0. The Balaban J connectivity index is 3.04. The van der Waals surface area contributed by atoms with Crippen molar-refractivity contribution in [3.63, 3.8) is 0 Å². The van der Waals surface area contributed by atoms with Gasteiger partial charge in [0.15, 0.2) is 0 Å². The molecule has 0 atom stereocenters. The lowest BCUT2D eigenvalue weighted by Crippen LogP contribution is -2.08. The Morgan fingerprint density at radius 3 is 2.13 bits per heavy atom. The predicted octanol–water partition coefficient (Wildman–Crippen LogP) is 3.78. The van der Waals surface area contributed by atoms with E-state index >= 15 is 0 Å². The maximum atomic E-state index is 10.1. The van der Waals surface area contributed by atoms with E-state index in [1.165, 1.54) is 44.9 Å². The van der Waals surface area contributed by atoms with E-state index in [0.29, 0.717) is 6.41 Å². The van der Waals surface area contributed by atoms with Crippen LogP contribution < -0.4 is 5.32 Å². The predicted molar refractivity (Wildman–Crippen MR) is 65.6 cm³/mol. The SMILES string of the molecule is C=C(CCCCCCCCCC)NC=O. The van der Waals surface area contributed by atoms with Crippen molar-refractivity contribution in [3.8, 4) is 0 Å². The van der Waals surface area contributed by atoms with E-state index < -0.39 is 0 Å². The molecule has 0 bridgehead atoms. The molecule has 1 amide bonds. The van der Waals surface area contributed by atoms with Crippen LogP contribution in [-0.4, -0.2) is 6.41 Å². The lowest BCUT2D eigenvalue weighted by Gasteiger charge is -2.03. The zero-order chi connectivity index (χ0) is 11.4. The quantitative estimate of drug-likeness (QED) is 0.409. The lowest BCUT2D eigenvalue weighted by atomic mass is 10.1. The number of allylic oxidation sites excluding steroid dienone is 1. The molecule has 0 aromatic rings. The Bertz CT molecular complexity index is 166. The Kier molecular flexibility index (Phi) is 10.7. The number of hydrogen-bond acceptors (Lipinski definition) is 1. The second-order valence-corrected chi connectivity index (χ2v) is 4.09. The van der Waals surface area contributed by atoms with Gasteiger partial charge in [0.2, 0.25) is 6.41 Å². The Morgan fingerprint density at radius 2 is 1.60 bits per heavy atom. The number of rotatable bonds is 11. The van der Waals surface area contributed by atoms with Gasteiger partial charge in [-0.25, -0.2) is 0 Å². The molecule has 0 unspecified atom stereocenters. The summed E-state index contributed by atoms with van der Waals surface area (Å²) in [6, 6.07) is 0. The van der Waals surface area contributed by atoms with Gasteiger partial charge in [-0.2, -0.15) is 0 Å². The Hall–Kier alpha value is -0.790. The lowest BCUT2D eigenvalue weighted by molar-refractivity contribution is -0.108. The van der Waals surface area contributed by atoms with Gasteiger partial charge in [-0.3, -0.25) is 4.79 Å². The smallest absolute Gasteiger partial charge is 0.211 e. The molecule has 0 aromatic heterocycles. The Labute approximate surface area is 94.1 Å². The third-order valence-corrected chi connectivity index (χ3v) is 2.60. The molecule has 0 heterocycles. The van der Waals surface area contributed by atoms with Crippen molar-refractivity contribution in [1.82, 2.24) is 5.32 Å². The van der Waals surface area contributed by atoms with Gasteiger partial charge in [-0.05, 0) is 12.8 Å². The zero-order valence-electron chi connectivity index (χ0n) is 10.1.